The third-order valence-electron chi connectivity index (χ3n) is 1.74. The molecule has 0 fully saturated rings. The molecule has 54 valence electrons. The van der Waals surface area contributed by atoms with Gasteiger partial charge in [0, 0.05) is 0 Å². The first kappa shape index (κ1) is 8.90. The molecule has 10 heavy (non-hydrogen) atoms. The van der Waals surface area contributed by atoms with Gasteiger partial charge in [-0.3, -0.25) is 4.79 Å². The molecule has 0 N–H and O–H groups in total. The van der Waals surface area contributed by atoms with Gasteiger partial charge in [-0.25, -0.2) is 0 Å². The number of ketones is 1. The van der Waals surface area contributed by atoms with E-state index in [4.69, 9.17) is 5.26 Å². The van der Waals surface area contributed by atoms with Gasteiger partial charge in [0.05, 0.1) is 5.41 Å². The minimum absolute atomic E-state index is 0.431. The van der Waals surface area contributed by atoms with Gasteiger partial charge < -0.3 is 0 Å². The molecule has 0 aromatic rings. The summed E-state index contributed by atoms with van der Waals surface area (Å²) in [7, 11) is 0. The summed E-state index contributed by atoms with van der Waals surface area (Å²) in [6, 6.07) is 1.59. The lowest BCUT2D eigenvalue weighted by Crippen LogP contribution is -2.23. The van der Waals surface area contributed by atoms with Gasteiger partial charge in [-0.2, -0.15) is 5.26 Å². The van der Waals surface area contributed by atoms with Gasteiger partial charge >= 0.3 is 0 Å². The molecule has 2 nitrogen and oxygen atoms in total. The highest BCUT2D eigenvalue weighted by atomic mass is 16.1. The lowest BCUT2D eigenvalue weighted by atomic mass is 9.82. The second-order valence-corrected chi connectivity index (χ2v) is 2.85. The number of carbonyl (C=O) groups is 1. The quantitative estimate of drug-likeness (QED) is 0.429. The fraction of sp³-hybridized carbons (Fsp3) is 0.500. The number of hydrogen-bond donors (Lipinski definition) is 0. The van der Waals surface area contributed by atoms with Crippen LogP contribution in [0.5, 0.6) is 0 Å². The van der Waals surface area contributed by atoms with Gasteiger partial charge in [0.2, 0.25) is 5.78 Å². The van der Waals surface area contributed by atoms with Crippen LogP contribution in [0.4, 0.5) is 0 Å². The maximum atomic E-state index is 10.9. The molecule has 0 saturated carbocycles. The predicted octanol–water partition coefficient (Wildman–Crippen LogP) is 1.68. The summed E-state index contributed by atoms with van der Waals surface area (Å²) in [5.74, 6) is -0.431. The lowest BCUT2D eigenvalue weighted by Gasteiger charge is -2.18. The van der Waals surface area contributed by atoms with Gasteiger partial charge in [-0.15, -0.1) is 0 Å². The second-order valence-electron chi connectivity index (χ2n) is 2.85. The van der Waals surface area contributed by atoms with Crippen LogP contribution >= 0.6 is 0 Å². The smallest absolute Gasteiger partial charge is 0.241 e. The maximum Gasteiger partial charge on any atom is 0.241 e. The summed E-state index contributed by atoms with van der Waals surface area (Å²) in [5.41, 5.74) is 0.0356. The Kier molecular flexibility index (Phi) is 2.36. The fourth-order valence-electron chi connectivity index (χ4n) is 0.334. The third kappa shape index (κ3) is 1.44. The molecule has 2 heteroatoms. The van der Waals surface area contributed by atoms with E-state index < -0.39 is 11.2 Å². The Bertz CT molecular complexity index is 208. The zero-order chi connectivity index (χ0) is 8.36. The first-order valence-electron chi connectivity index (χ1n) is 3.03. The molecule has 0 aliphatic heterocycles. The number of rotatable bonds is 2. The Morgan fingerprint density at radius 1 is 1.60 bits per heavy atom. The Morgan fingerprint density at radius 3 is 2.10 bits per heavy atom. The van der Waals surface area contributed by atoms with Gasteiger partial charge in [0.25, 0.3) is 0 Å². The molecule has 0 aromatic carbocycles. The van der Waals surface area contributed by atoms with E-state index in [2.05, 4.69) is 6.58 Å². The number of carbonyl (C=O) groups excluding carboxylic acids is 1. The number of nitrogens with zero attached hydrogens (tertiary/aromatic N) is 1. The first-order chi connectivity index (χ1) is 4.42. The number of nitriles is 1. The number of hydrogen-bond acceptors (Lipinski definition) is 2. The van der Waals surface area contributed by atoms with Crippen LogP contribution in [0.3, 0.4) is 0 Å². The first-order valence-corrected chi connectivity index (χ1v) is 3.03. The molecular weight excluding hydrogens is 126 g/mol. The second kappa shape index (κ2) is 2.66. The van der Waals surface area contributed by atoms with E-state index >= 15 is 0 Å². The molecule has 0 aliphatic carbocycles. The van der Waals surface area contributed by atoms with Gasteiger partial charge in [0.1, 0.15) is 6.07 Å². The van der Waals surface area contributed by atoms with E-state index in [1.165, 1.54) is 0 Å². The molecule has 0 amide bonds. The molecule has 0 aromatic heterocycles. The SMILES string of the molecule is C=C(C)C(C)(C)C(=O)C#N. The summed E-state index contributed by atoms with van der Waals surface area (Å²) >= 11 is 0. The Balaban J connectivity index is 4.60. The zero-order valence-corrected chi connectivity index (χ0v) is 6.56. The van der Waals surface area contributed by atoms with E-state index in [1.807, 2.05) is 0 Å². The highest BCUT2D eigenvalue weighted by Crippen LogP contribution is 2.24. The van der Waals surface area contributed by atoms with Crippen LogP contribution in [-0.4, -0.2) is 5.78 Å². The summed E-state index contributed by atoms with van der Waals surface area (Å²) in [5, 5.41) is 8.28. The van der Waals surface area contributed by atoms with Crippen LogP contribution in [0.15, 0.2) is 12.2 Å². The monoisotopic (exact) mass is 137 g/mol. The molecule has 0 heterocycles. The standard InChI is InChI=1S/C8H11NO/c1-6(2)8(3,4)7(10)5-9/h1H2,2-4H3. The van der Waals surface area contributed by atoms with Gasteiger partial charge in [-0.1, -0.05) is 12.2 Å². The van der Waals surface area contributed by atoms with E-state index in [-0.39, 0.29) is 0 Å². The normalized spacial score (nSPS) is 10.2. The van der Waals surface area contributed by atoms with Crippen LogP contribution in [0.25, 0.3) is 0 Å². The summed E-state index contributed by atoms with van der Waals surface area (Å²) in [4.78, 5) is 10.9. The summed E-state index contributed by atoms with van der Waals surface area (Å²) in [6.07, 6.45) is 0. The van der Waals surface area contributed by atoms with Gasteiger partial charge in [0.15, 0.2) is 0 Å². The maximum absolute atomic E-state index is 10.9. The van der Waals surface area contributed by atoms with Crippen molar-refractivity contribution in [2.45, 2.75) is 20.8 Å². The molecule has 0 spiro atoms. The summed E-state index contributed by atoms with van der Waals surface area (Å²) < 4.78 is 0. The van der Waals surface area contributed by atoms with Crippen LogP contribution < -0.4 is 0 Å². The average molecular weight is 137 g/mol. The molecule has 0 saturated heterocycles. The lowest BCUT2D eigenvalue weighted by molar-refractivity contribution is -0.119. The molecule has 0 rings (SSSR count). The van der Waals surface area contributed by atoms with E-state index in [0.717, 1.165) is 5.57 Å². The number of allylic oxidation sites excluding steroid dienone is 1. The minimum Gasteiger partial charge on any atom is -0.282 e. The van der Waals surface area contributed by atoms with Crippen molar-refractivity contribution >= 4 is 5.78 Å². The van der Waals surface area contributed by atoms with Crippen molar-refractivity contribution in [2.75, 3.05) is 0 Å². The predicted molar refractivity (Wildman–Crippen MR) is 39.2 cm³/mol. The third-order valence-corrected chi connectivity index (χ3v) is 1.74. The van der Waals surface area contributed by atoms with E-state index in [9.17, 15) is 4.79 Å². The Labute approximate surface area is 61.2 Å². The van der Waals surface area contributed by atoms with Crippen LogP contribution in [0, 0.1) is 16.7 Å². The molecular formula is C8H11NO. The van der Waals surface area contributed by atoms with Crippen LogP contribution in [0.2, 0.25) is 0 Å². The van der Waals surface area contributed by atoms with Crippen LogP contribution in [-0.2, 0) is 4.79 Å². The largest absolute Gasteiger partial charge is 0.282 e. The van der Waals surface area contributed by atoms with E-state index in [1.54, 1.807) is 26.8 Å². The number of Topliss-reactive ketones (excluding diaryl/α,β-unsaturated/α-hetero) is 1. The van der Waals surface area contributed by atoms with Crippen molar-refractivity contribution in [3.8, 4) is 6.07 Å². The van der Waals surface area contributed by atoms with Crippen molar-refractivity contribution in [3.05, 3.63) is 12.2 Å². The van der Waals surface area contributed by atoms with Crippen LogP contribution in [0.1, 0.15) is 20.8 Å². The minimum atomic E-state index is -0.686. The Morgan fingerprint density at radius 2 is 2.00 bits per heavy atom. The molecule has 0 atom stereocenters. The average Bonchev–Trinajstić information content (AvgIpc) is 1.86. The van der Waals surface area contributed by atoms with Crippen molar-refractivity contribution < 1.29 is 4.79 Å². The molecule has 0 aliphatic rings. The van der Waals surface area contributed by atoms with Gasteiger partial charge in [-0.05, 0) is 20.8 Å². The highest BCUT2D eigenvalue weighted by molar-refractivity contribution is 5.99. The molecule has 0 bridgehead atoms. The van der Waals surface area contributed by atoms with Crippen molar-refractivity contribution in [1.29, 1.82) is 5.26 Å². The Hall–Kier alpha value is -1.10. The van der Waals surface area contributed by atoms with Crippen molar-refractivity contribution in [1.82, 2.24) is 0 Å². The molecule has 0 radical (unpaired) electrons. The van der Waals surface area contributed by atoms with Crippen molar-refractivity contribution in [2.24, 2.45) is 5.41 Å². The topological polar surface area (TPSA) is 40.9 Å². The van der Waals surface area contributed by atoms with E-state index in [0.29, 0.717) is 0 Å². The van der Waals surface area contributed by atoms with Crippen molar-refractivity contribution in [3.63, 3.8) is 0 Å². The molecule has 0 unspecified atom stereocenters. The highest BCUT2D eigenvalue weighted by Gasteiger charge is 2.27. The summed E-state index contributed by atoms with van der Waals surface area (Å²) in [6.45, 7) is 8.76. The fourth-order valence-corrected chi connectivity index (χ4v) is 0.334. The zero-order valence-electron chi connectivity index (χ0n) is 6.56.